The molecule has 0 bridgehead atoms. The number of nitrogens with two attached hydrogens (primary N) is 1. The van der Waals surface area contributed by atoms with Crippen LogP contribution in [0.1, 0.15) is 20.3 Å². The van der Waals surface area contributed by atoms with Crippen molar-refractivity contribution in [3.8, 4) is 5.75 Å². The van der Waals surface area contributed by atoms with Gasteiger partial charge in [-0.25, -0.2) is 4.98 Å². The van der Waals surface area contributed by atoms with Crippen LogP contribution in [-0.2, 0) is 4.79 Å². The molecular formula is C11H17N3O2. The Hall–Kier alpha value is -1.62. The van der Waals surface area contributed by atoms with Crippen molar-refractivity contribution in [2.45, 2.75) is 26.3 Å². The molecule has 0 saturated heterocycles. The molecule has 1 aromatic rings. The molecule has 1 amide bonds. The SMILES string of the molecule is CC[C@H](C)[C@H](N)C(=O)Nc1ncccc1O. The molecule has 0 unspecified atom stereocenters. The number of aromatic nitrogens is 1. The summed E-state index contributed by atoms with van der Waals surface area (Å²) in [6.45, 7) is 3.87. The number of nitrogens with one attached hydrogen (secondary N) is 1. The number of pyridine rings is 1. The molecule has 5 heteroatoms. The fraction of sp³-hybridized carbons (Fsp3) is 0.455. The maximum Gasteiger partial charge on any atom is 0.242 e. The van der Waals surface area contributed by atoms with E-state index in [4.69, 9.17) is 5.73 Å². The third-order valence-corrected chi connectivity index (χ3v) is 2.59. The Labute approximate surface area is 94.7 Å². The van der Waals surface area contributed by atoms with Crippen molar-refractivity contribution in [1.29, 1.82) is 0 Å². The van der Waals surface area contributed by atoms with Crippen LogP contribution in [0.25, 0.3) is 0 Å². The van der Waals surface area contributed by atoms with Gasteiger partial charge in [-0.05, 0) is 18.1 Å². The number of carbonyl (C=O) groups excluding carboxylic acids is 1. The number of hydrogen-bond acceptors (Lipinski definition) is 4. The van der Waals surface area contributed by atoms with E-state index in [1.54, 1.807) is 6.07 Å². The van der Waals surface area contributed by atoms with Crippen molar-refractivity contribution < 1.29 is 9.90 Å². The van der Waals surface area contributed by atoms with Crippen LogP contribution in [0.3, 0.4) is 0 Å². The summed E-state index contributed by atoms with van der Waals surface area (Å²) in [7, 11) is 0. The van der Waals surface area contributed by atoms with Crippen molar-refractivity contribution in [1.82, 2.24) is 4.98 Å². The lowest BCUT2D eigenvalue weighted by atomic mass is 9.99. The summed E-state index contributed by atoms with van der Waals surface area (Å²) < 4.78 is 0. The predicted molar refractivity (Wildman–Crippen MR) is 62.0 cm³/mol. The van der Waals surface area contributed by atoms with Gasteiger partial charge in [-0.15, -0.1) is 0 Å². The molecule has 1 heterocycles. The van der Waals surface area contributed by atoms with E-state index in [1.165, 1.54) is 12.3 Å². The number of hydrogen-bond donors (Lipinski definition) is 3. The van der Waals surface area contributed by atoms with Crippen molar-refractivity contribution in [2.24, 2.45) is 11.7 Å². The van der Waals surface area contributed by atoms with E-state index < -0.39 is 6.04 Å². The summed E-state index contributed by atoms with van der Waals surface area (Å²) >= 11 is 0. The highest BCUT2D eigenvalue weighted by molar-refractivity contribution is 5.95. The van der Waals surface area contributed by atoms with Crippen LogP contribution in [0.4, 0.5) is 5.82 Å². The first-order valence-corrected chi connectivity index (χ1v) is 5.26. The first kappa shape index (κ1) is 12.4. The molecule has 0 aliphatic rings. The van der Waals surface area contributed by atoms with Gasteiger partial charge >= 0.3 is 0 Å². The van der Waals surface area contributed by atoms with Gasteiger partial charge in [0.15, 0.2) is 11.6 Å². The summed E-state index contributed by atoms with van der Waals surface area (Å²) in [5.41, 5.74) is 5.75. The summed E-state index contributed by atoms with van der Waals surface area (Å²) in [4.78, 5) is 15.5. The minimum absolute atomic E-state index is 0.0628. The number of anilines is 1. The van der Waals surface area contributed by atoms with Gasteiger partial charge in [-0.1, -0.05) is 20.3 Å². The van der Waals surface area contributed by atoms with Crippen LogP contribution in [0, 0.1) is 5.92 Å². The molecular weight excluding hydrogens is 206 g/mol. The fourth-order valence-electron chi connectivity index (χ4n) is 1.21. The van der Waals surface area contributed by atoms with Crippen LogP contribution in [0.5, 0.6) is 5.75 Å². The normalized spacial score (nSPS) is 14.2. The molecule has 16 heavy (non-hydrogen) atoms. The van der Waals surface area contributed by atoms with E-state index in [1.807, 2.05) is 13.8 Å². The lowest BCUT2D eigenvalue weighted by Crippen LogP contribution is -2.40. The van der Waals surface area contributed by atoms with Gasteiger partial charge in [-0.2, -0.15) is 0 Å². The van der Waals surface area contributed by atoms with Gasteiger partial charge in [0.1, 0.15) is 0 Å². The van der Waals surface area contributed by atoms with E-state index in [0.29, 0.717) is 0 Å². The van der Waals surface area contributed by atoms with E-state index >= 15 is 0 Å². The molecule has 1 rings (SSSR count). The molecule has 88 valence electrons. The van der Waals surface area contributed by atoms with Gasteiger partial charge in [0.25, 0.3) is 0 Å². The van der Waals surface area contributed by atoms with Crippen molar-refractivity contribution in [3.05, 3.63) is 18.3 Å². The number of rotatable bonds is 4. The van der Waals surface area contributed by atoms with Gasteiger partial charge in [0, 0.05) is 6.20 Å². The molecule has 0 radical (unpaired) electrons. The average molecular weight is 223 g/mol. The van der Waals surface area contributed by atoms with Crippen molar-refractivity contribution in [3.63, 3.8) is 0 Å². The number of aromatic hydroxyl groups is 1. The lowest BCUT2D eigenvalue weighted by Gasteiger charge is -2.17. The molecule has 5 nitrogen and oxygen atoms in total. The van der Waals surface area contributed by atoms with Gasteiger partial charge in [0.2, 0.25) is 5.91 Å². The third kappa shape index (κ3) is 2.93. The molecule has 2 atom stereocenters. The van der Waals surface area contributed by atoms with Gasteiger partial charge < -0.3 is 16.2 Å². The Bertz CT molecular complexity index is 368. The molecule has 0 aromatic carbocycles. The topological polar surface area (TPSA) is 88.2 Å². The second-order valence-corrected chi connectivity index (χ2v) is 3.77. The molecule has 0 fully saturated rings. The monoisotopic (exact) mass is 223 g/mol. The van der Waals surface area contributed by atoms with Crippen LogP contribution in [0.2, 0.25) is 0 Å². The van der Waals surface area contributed by atoms with Crippen molar-refractivity contribution >= 4 is 11.7 Å². The summed E-state index contributed by atoms with van der Waals surface area (Å²) in [6, 6.07) is 2.45. The summed E-state index contributed by atoms with van der Waals surface area (Å²) in [5.74, 6) is -0.160. The molecule has 0 aliphatic carbocycles. The highest BCUT2D eigenvalue weighted by atomic mass is 16.3. The highest BCUT2D eigenvalue weighted by Crippen LogP contribution is 2.19. The summed E-state index contributed by atoms with van der Waals surface area (Å²) in [5, 5.41) is 11.9. The van der Waals surface area contributed by atoms with Crippen LogP contribution < -0.4 is 11.1 Å². The lowest BCUT2D eigenvalue weighted by molar-refractivity contribution is -0.118. The minimum atomic E-state index is -0.591. The number of carbonyl (C=O) groups is 1. The Kier molecular flexibility index (Phi) is 4.25. The second-order valence-electron chi connectivity index (χ2n) is 3.77. The van der Waals surface area contributed by atoms with Crippen molar-refractivity contribution in [2.75, 3.05) is 5.32 Å². The van der Waals surface area contributed by atoms with E-state index in [9.17, 15) is 9.90 Å². The van der Waals surface area contributed by atoms with Crippen LogP contribution >= 0.6 is 0 Å². The Morgan fingerprint density at radius 2 is 2.38 bits per heavy atom. The predicted octanol–water partition coefficient (Wildman–Crippen LogP) is 1.10. The minimum Gasteiger partial charge on any atom is -0.504 e. The summed E-state index contributed by atoms with van der Waals surface area (Å²) in [6.07, 6.45) is 2.31. The zero-order chi connectivity index (χ0) is 12.1. The Morgan fingerprint density at radius 3 is 2.94 bits per heavy atom. The quantitative estimate of drug-likeness (QED) is 0.713. The molecule has 4 N–H and O–H groups in total. The Balaban J connectivity index is 2.68. The largest absolute Gasteiger partial charge is 0.504 e. The zero-order valence-corrected chi connectivity index (χ0v) is 9.47. The molecule has 1 aromatic heterocycles. The Morgan fingerprint density at radius 1 is 1.69 bits per heavy atom. The maximum atomic E-state index is 11.7. The first-order valence-electron chi connectivity index (χ1n) is 5.26. The first-order chi connectivity index (χ1) is 7.56. The number of amides is 1. The van der Waals surface area contributed by atoms with Crippen LogP contribution in [-0.4, -0.2) is 22.0 Å². The smallest absolute Gasteiger partial charge is 0.242 e. The van der Waals surface area contributed by atoms with E-state index in [-0.39, 0.29) is 23.4 Å². The number of nitrogens with zero attached hydrogens (tertiary/aromatic N) is 1. The van der Waals surface area contributed by atoms with E-state index in [0.717, 1.165) is 6.42 Å². The molecule has 0 aliphatic heterocycles. The van der Waals surface area contributed by atoms with Gasteiger partial charge in [0.05, 0.1) is 6.04 Å². The molecule has 0 spiro atoms. The van der Waals surface area contributed by atoms with Crippen LogP contribution in [0.15, 0.2) is 18.3 Å². The fourth-order valence-corrected chi connectivity index (χ4v) is 1.21. The zero-order valence-electron chi connectivity index (χ0n) is 9.47. The third-order valence-electron chi connectivity index (χ3n) is 2.59. The average Bonchev–Trinajstić information content (AvgIpc) is 2.30. The highest BCUT2D eigenvalue weighted by Gasteiger charge is 2.20. The molecule has 0 saturated carbocycles. The maximum absolute atomic E-state index is 11.7. The van der Waals surface area contributed by atoms with Gasteiger partial charge in [-0.3, -0.25) is 4.79 Å². The second kappa shape index (κ2) is 5.46. The van der Waals surface area contributed by atoms with E-state index in [2.05, 4.69) is 10.3 Å². The standard InChI is InChI=1S/C11H17N3O2/c1-3-7(2)9(12)11(16)14-10-8(15)5-4-6-13-10/h4-7,9,15H,3,12H2,1-2H3,(H,13,14,16)/t7-,9-/m0/s1.